The molecule has 0 radical (unpaired) electrons. The highest BCUT2D eigenvalue weighted by molar-refractivity contribution is 5.75. The van der Waals surface area contributed by atoms with Crippen LogP contribution in [0.25, 0.3) is 0 Å². The lowest BCUT2D eigenvalue weighted by molar-refractivity contribution is -0.137. The summed E-state index contributed by atoms with van der Waals surface area (Å²) in [6.07, 6.45) is -2.98. The second-order valence-electron chi connectivity index (χ2n) is 6.14. The summed E-state index contributed by atoms with van der Waals surface area (Å²) in [6, 6.07) is 5.62. The largest absolute Gasteiger partial charge is 0.416 e. The number of rotatable bonds is 4. The molecule has 0 saturated carbocycles. The summed E-state index contributed by atoms with van der Waals surface area (Å²) in [4.78, 5) is 13.6. The third-order valence-corrected chi connectivity index (χ3v) is 4.38. The number of halogens is 3. The number of nitrogens with zero attached hydrogens (tertiary/aromatic N) is 1. The Morgan fingerprint density at radius 2 is 2.13 bits per heavy atom. The lowest BCUT2D eigenvalue weighted by Gasteiger charge is -2.37. The van der Waals surface area contributed by atoms with E-state index in [0.29, 0.717) is 31.6 Å². The minimum atomic E-state index is -4.31. The molecule has 0 spiro atoms. The van der Waals surface area contributed by atoms with Gasteiger partial charge in [0.2, 0.25) is 5.91 Å². The van der Waals surface area contributed by atoms with E-state index in [1.807, 2.05) is 11.8 Å². The summed E-state index contributed by atoms with van der Waals surface area (Å²) in [5, 5.41) is 3.34. The Labute approximate surface area is 134 Å². The molecular formula is C17H23F3N2O. The van der Waals surface area contributed by atoms with Crippen molar-refractivity contribution < 1.29 is 18.0 Å². The maximum absolute atomic E-state index is 12.7. The molecule has 1 aliphatic rings. The molecule has 1 fully saturated rings. The molecule has 1 aromatic carbocycles. The van der Waals surface area contributed by atoms with Gasteiger partial charge >= 0.3 is 6.18 Å². The minimum absolute atomic E-state index is 0.160. The Hall–Kier alpha value is -1.56. The zero-order chi connectivity index (χ0) is 17.0. The van der Waals surface area contributed by atoms with Gasteiger partial charge in [-0.2, -0.15) is 13.2 Å². The lowest BCUT2D eigenvalue weighted by Crippen LogP contribution is -2.49. The number of likely N-dealkylation sites (tertiary alicyclic amines) is 1. The summed E-state index contributed by atoms with van der Waals surface area (Å²) in [6.45, 7) is 5.73. The van der Waals surface area contributed by atoms with E-state index in [4.69, 9.17) is 0 Å². The first-order valence-corrected chi connectivity index (χ1v) is 7.98. The van der Waals surface area contributed by atoms with Crippen LogP contribution in [0.15, 0.2) is 24.3 Å². The third kappa shape index (κ3) is 4.70. The maximum atomic E-state index is 12.7. The highest BCUT2D eigenvalue weighted by Crippen LogP contribution is 2.29. The van der Waals surface area contributed by atoms with Crippen LogP contribution in [0.3, 0.4) is 0 Å². The van der Waals surface area contributed by atoms with Crippen LogP contribution < -0.4 is 5.32 Å². The van der Waals surface area contributed by atoms with Crippen molar-refractivity contribution in [3.8, 4) is 0 Å². The Balaban J connectivity index is 1.91. The van der Waals surface area contributed by atoms with Gasteiger partial charge < -0.3 is 10.2 Å². The zero-order valence-corrected chi connectivity index (χ0v) is 13.5. The first kappa shape index (κ1) is 17.8. The fourth-order valence-corrected chi connectivity index (χ4v) is 3.01. The van der Waals surface area contributed by atoms with E-state index in [2.05, 4.69) is 12.2 Å². The molecule has 0 aliphatic carbocycles. The van der Waals surface area contributed by atoms with E-state index in [0.717, 1.165) is 12.5 Å². The van der Waals surface area contributed by atoms with Crippen LogP contribution in [0.4, 0.5) is 13.2 Å². The summed E-state index contributed by atoms with van der Waals surface area (Å²) in [5.74, 6) is 0.443. The monoisotopic (exact) mass is 328 g/mol. The van der Waals surface area contributed by atoms with Crippen LogP contribution in [-0.2, 0) is 17.5 Å². The van der Waals surface area contributed by atoms with Crippen LogP contribution in [0, 0.1) is 5.92 Å². The molecule has 128 valence electrons. The number of piperidine rings is 1. The number of hydrogen-bond donors (Lipinski definition) is 1. The quantitative estimate of drug-likeness (QED) is 0.918. The van der Waals surface area contributed by atoms with Gasteiger partial charge in [0.25, 0.3) is 0 Å². The van der Waals surface area contributed by atoms with E-state index < -0.39 is 11.7 Å². The molecule has 1 amide bonds. The molecule has 1 saturated heterocycles. The van der Waals surface area contributed by atoms with Crippen molar-refractivity contribution in [3.05, 3.63) is 35.4 Å². The first-order chi connectivity index (χ1) is 10.8. The van der Waals surface area contributed by atoms with Gasteiger partial charge in [-0.25, -0.2) is 0 Å². The lowest BCUT2D eigenvalue weighted by atomic mass is 9.93. The van der Waals surface area contributed by atoms with Crippen LogP contribution in [-0.4, -0.2) is 29.9 Å². The standard InChI is InChI=1S/C17H23F3N2O/c1-3-16(23)22-8-7-15(12(2)11-22)21-10-13-5-4-6-14(9-13)17(18,19)20/h4-6,9,12,15,21H,3,7-8,10-11H2,1-2H3/t12-,15-/m1/s1. The Morgan fingerprint density at radius 3 is 2.74 bits per heavy atom. The van der Waals surface area contributed by atoms with E-state index >= 15 is 0 Å². The first-order valence-electron chi connectivity index (χ1n) is 7.98. The predicted molar refractivity (Wildman–Crippen MR) is 82.7 cm³/mol. The Morgan fingerprint density at radius 1 is 1.39 bits per heavy atom. The summed E-state index contributed by atoms with van der Waals surface area (Å²) in [5.41, 5.74) is 0.00676. The van der Waals surface area contributed by atoms with Gasteiger partial charge in [0.1, 0.15) is 0 Å². The average molecular weight is 328 g/mol. The third-order valence-electron chi connectivity index (χ3n) is 4.38. The van der Waals surface area contributed by atoms with Gasteiger partial charge in [0.15, 0.2) is 0 Å². The van der Waals surface area contributed by atoms with E-state index in [1.54, 1.807) is 6.07 Å². The number of benzene rings is 1. The fourth-order valence-electron chi connectivity index (χ4n) is 3.01. The molecule has 1 N–H and O–H groups in total. The van der Waals surface area contributed by atoms with Gasteiger partial charge in [-0.1, -0.05) is 32.0 Å². The van der Waals surface area contributed by atoms with Crippen LogP contribution in [0.2, 0.25) is 0 Å². The predicted octanol–water partition coefficient (Wildman–Crippen LogP) is 3.44. The van der Waals surface area contributed by atoms with E-state index in [1.165, 1.54) is 12.1 Å². The van der Waals surface area contributed by atoms with E-state index in [9.17, 15) is 18.0 Å². The Kier molecular flexibility index (Phi) is 5.68. The number of carbonyl (C=O) groups excluding carboxylic acids is 1. The molecule has 3 nitrogen and oxygen atoms in total. The fraction of sp³-hybridized carbons (Fsp3) is 0.588. The molecule has 0 aromatic heterocycles. The molecule has 1 aliphatic heterocycles. The number of nitrogens with one attached hydrogen (secondary N) is 1. The van der Waals surface area contributed by atoms with Crippen molar-refractivity contribution in [3.63, 3.8) is 0 Å². The van der Waals surface area contributed by atoms with Gasteiger partial charge in [-0.3, -0.25) is 4.79 Å². The van der Waals surface area contributed by atoms with Crippen molar-refractivity contribution in [1.29, 1.82) is 0 Å². The second-order valence-corrected chi connectivity index (χ2v) is 6.14. The number of alkyl halides is 3. The molecular weight excluding hydrogens is 305 g/mol. The molecule has 2 rings (SSSR count). The molecule has 23 heavy (non-hydrogen) atoms. The van der Waals surface area contributed by atoms with Crippen LogP contribution in [0.1, 0.15) is 37.8 Å². The highest BCUT2D eigenvalue weighted by atomic mass is 19.4. The van der Waals surface area contributed by atoms with Crippen molar-refractivity contribution in [2.45, 2.75) is 45.5 Å². The molecule has 2 atom stereocenters. The number of amides is 1. The molecule has 1 heterocycles. The summed E-state index contributed by atoms with van der Waals surface area (Å²) < 4.78 is 38.2. The molecule has 6 heteroatoms. The molecule has 0 bridgehead atoms. The van der Waals surface area contributed by atoms with Crippen molar-refractivity contribution in [2.24, 2.45) is 5.92 Å². The zero-order valence-electron chi connectivity index (χ0n) is 13.5. The van der Waals surface area contributed by atoms with Crippen molar-refractivity contribution >= 4 is 5.91 Å². The summed E-state index contributed by atoms with van der Waals surface area (Å²) >= 11 is 0. The average Bonchev–Trinajstić information content (AvgIpc) is 2.52. The maximum Gasteiger partial charge on any atom is 0.416 e. The van der Waals surface area contributed by atoms with Crippen LogP contribution in [0.5, 0.6) is 0 Å². The Bertz CT molecular complexity index is 545. The highest BCUT2D eigenvalue weighted by Gasteiger charge is 2.31. The van der Waals surface area contributed by atoms with E-state index in [-0.39, 0.29) is 17.9 Å². The summed E-state index contributed by atoms with van der Waals surface area (Å²) in [7, 11) is 0. The van der Waals surface area contributed by atoms with Gasteiger partial charge in [-0.05, 0) is 24.0 Å². The topological polar surface area (TPSA) is 32.3 Å². The second kappa shape index (κ2) is 7.34. The number of hydrogen-bond acceptors (Lipinski definition) is 2. The van der Waals surface area contributed by atoms with Gasteiger partial charge in [0, 0.05) is 32.1 Å². The number of carbonyl (C=O) groups is 1. The van der Waals surface area contributed by atoms with Gasteiger partial charge in [0.05, 0.1) is 5.56 Å². The minimum Gasteiger partial charge on any atom is -0.342 e. The SMILES string of the molecule is CCC(=O)N1CC[C@@H](NCc2cccc(C(F)(F)F)c2)[C@H](C)C1. The normalized spacial score (nSPS) is 22.2. The molecule has 1 aromatic rings. The molecule has 0 unspecified atom stereocenters. The van der Waals surface area contributed by atoms with Crippen molar-refractivity contribution in [2.75, 3.05) is 13.1 Å². The smallest absolute Gasteiger partial charge is 0.342 e. The van der Waals surface area contributed by atoms with Crippen LogP contribution >= 0.6 is 0 Å². The van der Waals surface area contributed by atoms with Gasteiger partial charge in [-0.15, -0.1) is 0 Å². The van der Waals surface area contributed by atoms with Crippen molar-refractivity contribution in [1.82, 2.24) is 10.2 Å².